The third kappa shape index (κ3) is 3.10. The third-order valence-electron chi connectivity index (χ3n) is 1.74. The molecule has 0 saturated heterocycles. The van der Waals surface area contributed by atoms with Gasteiger partial charge in [-0.3, -0.25) is 0 Å². The summed E-state index contributed by atoms with van der Waals surface area (Å²) in [6, 6.07) is 2.77. The number of hydrogen-bond donors (Lipinski definition) is 0. The van der Waals surface area contributed by atoms with Crippen molar-refractivity contribution in [3.63, 3.8) is 0 Å². The lowest BCUT2D eigenvalue weighted by Crippen LogP contribution is -1.99. The Morgan fingerprint density at radius 3 is 2.94 bits per heavy atom. The van der Waals surface area contributed by atoms with Gasteiger partial charge in [-0.1, -0.05) is 16.4 Å². The summed E-state index contributed by atoms with van der Waals surface area (Å²) >= 11 is 4.37. The molecule has 5 nitrogen and oxygen atoms in total. The Morgan fingerprint density at radius 1 is 1.41 bits per heavy atom. The van der Waals surface area contributed by atoms with E-state index in [9.17, 15) is 4.39 Å². The minimum atomic E-state index is -0.523. The minimum absolute atomic E-state index is 0.0754. The van der Waals surface area contributed by atoms with E-state index in [-0.39, 0.29) is 12.5 Å². The van der Waals surface area contributed by atoms with Crippen molar-refractivity contribution >= 4 is 27.3 Å². The van der Waals surface area contributed by atoms with Crippen LogP contribution in [0.2, 0.25) is 0 Å². The molecular formula is C9H7BrFN3O2S. The van der Waals surface area contributed by atoms with Crippen LogP contribution in [0.3, 0.4) is 0 Å². The highest BCUT2D eigenvalue weighted by Crippen LogP contribution is 2.21. The molecule has 0 saturated carbocycles. The van der Waals surface area contributed by atoms with Crippen LogP contribution in [-0.4, -0.2) is 22.3 Å². The zero-order chi connectivity index (χ0) is 12.3. The van der Waals surface area contributed by atoms with Crippen LogP contribution >= 0.6 is 27.3 Å². The first-order valence-electron chi connectivity index (χ1n) is 4.50. The van der Waals surface area contributed by atoms with E-state index < -0.39 is 5.82 Å². The summed E-state index contributed by atoms with van der Waals surface area (Å²) in [4.78, 5) is 3.86. The predicted molar refractivity (Wildman–Crippen MR) is 62.7 cm³/mol. The fourth-order valence-electron chi connectivity index (χ4n) is 1.01. The topological polar surface area (TPSA) is 57.1 Å². The molecule has 2 heterocycles. The van der Waals surface area contributed by atoms with Gasteiger partial charge in [-0.2, -0.15) is 0 Å². The van der Waals surface area contributed by atoms with Gasteiger partial charge in [0.05, 0.1) is 7.11 Å². The molecular weight excluding hydrogens is 313 g/mol. The fraction of sp³-hybridized carbons (Fsp3) is 0.222. The number of aromatic nitrogens is 3. The van der Waals surface area contributed by atoms with Crippen LogP contribution in [0.5, 0.6) is 11.1 Å². The number of ether oxygens (including phenoxy) is 2. The second-order valence-corrected chi connectivity index (χ2v) is 4.71. The molecule has 2 aromatic heterocycles. The van der Waals surface area contributed by atoms with E-state index in [0.717, 1.165) is 0 Å². The number of pyridine rings is 1. The molecule has 2 aromatic rings. The van der Waals surface area contributed by atoms with E-state index in [2.05, 4.69) is 31.1 Å². The lowest BCUT2D eigenvalue weighted by Gasteiger charge is -2.03. The molecule has 0 bridgehead atoms. The molecule has 0 N–H and O–H groups in total. The van der Waals surface area contributed by atoms with E-state index in [0.29, 0.717) is 14.8 Å². The zero-order valence-electron chi connectivity index (χ0n) is 8.68. The fourth-order valence-corrected chi connectivity index (χ4v) is 1.87. The number of halogens is 2. The summed E-state index contributed by atoms with van der Waals surface area (Å²) in [5.41, 5.74) is 0. The van der Waals surface area contributed by atoms with Gasteiger partial charge in [0.2, 0.25) is 0 Å². The van der Waals surface area contributed by atoms with Crippen LogP contribution in [0, 0.1) is 5.82 Å². The van der Waals surface area contributed by atoms with E-state index in [1.54, 1.807) is 0 Å². The summed E-state index contributed by atoms with van der Waals surface area (Å²) in [6.45, 7) is 0.0986. The maximum absolute atomic E-state index is 13.3. The molecule has 0 unspecified atom stereocenters. The Labute approximate surface area is 109 Å². The summed E-state index contributed by atoms with van der Waals surface area (Å²) in [5, 5.41) is 8.56. The normalized spacial score (nSPS) is 10.3. The number of nitrogens with zero attached hydrogens (tertiary/aromatic N) is 3. The van der Waals surface area contributed by atoms with Crippen molar-refractivity contribution in [3.05, 3.63) is 27.6 Å². The molecule has 17 heavy (non-hydrogen) atoms. The molecule has 0 aliphatic carbocycles. The maximum Gasteiger partial charge on any atom is 0.293 e. The van der Waals surface area contributed by atoms with E-state index in [1.165, 1.54) is 30.6 Å². The van der Waals surface area contributed by atoms with Crippen LogP contribution in [0.4, 0.5) is 4.39 Å². The van der Waals surface area contributed by atoms with Crippen molar-refractivity contribution in [3.8, 4) is 11.1 Å². The first kappa shape index (κ1) is 12.2. The summed E-state index contributed by atoms with van der Waals surface area (Å²) in [5.74, 6) is -0.599. The Kier molecular flexibility index (Phi) is 3.85. The van der Waals surface area contributed by atoms with Crippen LogP contribution in [0.1, 0.15) is 5.01 Å². The molecule has 0 aliphatic heterocycles. The standard InChI is InChI=1S/C9H7BrFN3O2S/c1-15-9-14-13-7(17-9)4-16-8-5(11)2-3-6(10)12-8/h2-3H,4H2,1H3. The Morgan fingerprint density at radius 2 is 2.24 bits per heavy atom. The highest BCUT2D eigenvalue weighted by Gasteiger charge is 2.09. The SMILES string of the molecule is COc1nnc(COc2nc(Br)ccc2F)s1. The second-order valence-electron chi connectivity index (χ2n) is 2.88. The molecule has 0 atom stereocenters. The predicted octanol–water partition coefficient (Wildman–Crippen LogP) is 2.42. The van der Waals surface area contributed by atoms with Crippen molar-refractivity contribution < 1.29 is 13.9 Å². The molecule has 8 heteroatoms. The minimum Gasteiger partial charge on any atom is -0.472 e. The Hall–Kier alpha value is -1.28. The molecule has 0 aromatic carbocycles. The van der Waals surface area contributed by atoms with Gasteiger partial charge >= 0.3 is 0 Å². The molecule has 0 spiro atoms. The largest absolute Gasteiger partial charge is 0.472 e. The lowest BCUT2D eigenvalue weighted by atomic mass is 10.5. The first-order valence-corrected chi connectivity index (χ1v) is 6.11. The van der Waals surface area contributed by atoms with Gasteiger partial charge in [-0.25, -0.2) is 9.37 Å². The average molecular weight is 320 g/mol. The van der Waals surface area contributed by atoms with Crippen LogP contribution < -0.4 is 9.47 Å². The van der Waals surface area contributed by atoms with Crippen molar-refractivity contribution in [2.24, 2.45) is 0 Å². The van der Waals surface area contributed by atoms with Gasteiger partial charge in [-0.05, 0) is 28.1 Å². The van der Waals surface area contributed by atoms with Crippen LogP contribution in [0.25, 0.3) is 0 Å². The van der Waals surface area contributed by atoms with Gasteiger partial charge in [0.15, 0.2) is 10.8 Å². The van der Waals surface area contributed by atoms with Crippen LogP contribution in [0.15, 0.2) is 16.7 Å². The smallest absolute Gasteiger partial charge is 0.293 e. The molecule has 0 aliphatic rings. The average Bonchev–Trinajstić information content (AvgIpc) is 2.78. The third-order valence-corrected chi connectivity index (χ3v) is 3.03. The quantitative estimate of drug-likeness (QED) is 0.810. The number of methoxy groups -OCH3 is 1. The van der Waals surface area contributed by atoms with E-state index >= 15 is 0 Å². The van der Waals surface area contributed by atoms with Gasteiger partial charge in [-0.15, -0.1) is 5.10 Å². The Bertz CT molecular complexity index is 523. The lowest BCUT2D eigenvalue weighted by molar-refractivity contribution is 0.275. The summed E-state index contributed by atoms with van der Waals surface area (Å²) in [7, 11) is 1.50. The highest BCUT2D eigenvalue weighted by atomic mass is 79.9. The Balaban J connectivity index is 2.04. The molecule has 0 radical (unpaired) electrons. The zero-order valence-corrected chi connectivity index (χ0v) is 11.1. The van der Waals surface area contributed by atoms with Crippen molar-refractivity contribution in [2.75, 3.05) is 7.11 Å². The highest BCUT2D eigenvalue weighted by molar-refractivity contribution is 9.10. The molecule has 2 rings (SSSR count). The van der Waals surface area contributed by atoms with Crippen molar-refractivity contribution in [2.45, 2.75) is 6.61 Å². The molecule has 90 valence electrons. The molecule has 0 fully saturated rings. The van der Waals surface area contributed by atoms with Gasteiger partial charge in [0.1, 0.15) is 11.2 Å². The summed E-state index contributed by atoms with van der Waals surface area (Å²) in [6.07, 6.45) is 0. The summed E-state index contributed by atoms with van der Waals surface area (Å²) < 4.78 is 23.9. The van der Waals surface area contributed by atoms with E-state index in [1.807, 2.05) is 0 Å². The van der Waals surface area contributed by atoms with Gasteiger partial charge < -0.3 is 9.47 Å². The second kappa shape index (κ2) is 5.37. The van der Waals surface area contributed by atoms with Crippen molar-refractivity contribution in [1.29, 1.82) is 0 Å². The monoisotopic (exact) mass is 319 g/mol. The first-order chi connectivity index (χ1) is 8.19. The molecule has 0 amide bonds. The van der Waals surface area contributed by atoms with Gasteiger partial charge in [0, 0.05) is 0 Å². The number of rotatable bonds is 4. The van der Waals surface area contributed by atoms with Crippen LogP contribution in [-0.2, 0) is 6.61 Å². The van der Waals surface area contributed by atoms with Crippen molar-refractivity contribution in [1.82, 2.24) is 15.2 Å². The maximum atomic E-state index is 13.3. The van der Waals surface area contributed by atoms with E-state index in [4.69, 9.17) is 9.47 Å². The number of hydrogen-bond acceptors (Lipinski definition) is 6. The van der Waals surface area contributed by atoms with Gasteiger partial charge in [0.25, 0.3) is 11.1 Å².